The number of benzene rings is 1. The van der Waals surface area contributed by atoms with E-state index >= 15 is 0 Å². The lowest BCUT2D eigenvalue weighted by Crippen LogP contribution is -2.42. The molecule has 0 saturated heterocycles. The first-order chi connectivity index (χ1) is 11.6. The second kappa shape index (κ2) is 9.08. The van der Waals surface area contributed by atoms with Gasteiger partial charge in [-0.2, -0.15) is 0 Å². The van der Waals surface area contributed by atoms with Crippen LogP contribution in [0.15, 0.2) is 61.3 Å². The molecule has 0 atom stereocenters. The van der Waals surface area contributed by atoms with Crippen molar-refractivity contribution in [2.24, 2.45) is 0 Å². The molecule has 0 bridgehead atoms. The molecule has 2 rings (SSSR count). The first kappa shape index (κ1) is 18.0. The molecule has 1 amide bonds. The quantitative estimate of drug-likeness (QED) is 0.568. The Morgan fingerprint density at radius 3 is 2.67 bits per heavy atom. The summed E-state index contributed by atoms with van der Waals surface area (Å²) in [5.41, 5.74) is 2.40. The van der Waals surface area contributed by atoms with Gasteiger partial charge in [-0.15, -0.1) is 6.58 Å². The fourth-order valence-corrected chi connectivity index (χ4v) is 2.64. The van der Waals surface area contributed by atoms with Crippen LogP contribution in [0.2, 0.25) is 0 Å². The van der Waals surface area contributed by atoms with E-state index in [1.54, 1.807) is 6.08 Å². The van der Waals surface area contributed by atoms with Crippen molar-refractivity contribution >= 4 is 5.91 Å². The molecule has 1 aromatic heterocycles. The van der Waals surface area contributed by atoms with Crippen LogP contribution in [0.1, 0.15) is 25.1 Å². The summed E-state index contributed by atoms with van der Waals surface area (Å²) >= 11 is 0. The van der Waals surface area contributed by atoms with Crippen LogP contribution < -0.4 is 5.32 Å². The van der Waals surface area contributed by atoms with Gasteiger partial charge in [0.1, 0.15) is 0 Å². The Balaban J connectivity index is 2.06. The number of hydrogen-bond acceptors (Lipinski definition) is 2. The monoisotopic (exact) mass is 325 g/mol. The van der Waals surface area contributed by atoms with E-state index in [0.717, 1.165) is 12.2 Å². The van der Waals surface area contributed by atoms with Crippen molar-refractivity contribution in [2.75, 3.05) is 13.1 Å². The molecule has 0 aliphatic heterocycles. The number of carbonyl (C=O) groups is 1. The molecule has 0 spiro atoms. The van der Waals surface area contributed by atoms with Crippen LogP contribution in [0.5, 0.6) is 0 Å². The number of nitrogens with one attached hydrogen (secondary N) is 1. The van der Waals surface area contributed by atoms with E-state index in [1.807, 2.05) is 29.2 Å². The highest BCUT2D eigenvalue weighted by molar-refractivity contribution is 5.78. The van der Waals surface area contributed by atoms with Crippen LogP contribution in [0.4, 0.5) is 0 Å². The van der Waals surface area contributed by atoms with E-state index < -0.39 is 0 Å². The Hall–Kier alpha value is -2.33. The Kier molecular flexibility index (Phi) is 6.82. The van der Waals surface area contributed by atoms with Crippen molar-refractivity contribution in [3.05, 3.63) is 72.6 Å². The largest absolute Gasteiger partial charge is 0.345 e. The van der Waals surface area contributed by atoms with E-state index in [4.69, 9.17) is 0 Å². The Morgan fingerprint density at radius 1 is 1.25 bits per heavy atom. The zero-order valence-corrected chi connectivity index (χ0v) is 14.6. The lowest BCUT2D eigenvalue weighted by molar-refractivity contribution is -0.132. The molecule has 1 aromatic carbocycles. The van der Waals surface area contributed by atoms with Crippen LogP contribution in [0.3, 0.4) is 0 Å². The average molecular weight is 325 g/mol. The third kappa shape index (κ3) is 5.10. The van der Waals surface area contributed by atoms with Crippen molar-refractivity contribution < 1.29 is 4.79 Å². The Labute approximate surface area is 144 Å². The molecule has 4 nitrogen and oxygen atoms in total. The number of carbonyl (C=O) groups excluding carboxylic acids is 1. The highest BCUT2D eigenvalue weighted by atomic mass is 16.2. The highest BCUT2D eigenvalue weighted by Crippen LogP contribution is 2.12. The molecule has 24 heavy (non-hydrogen) atoms. The fourth-order valence-electron chi connectivity index (χ4n) is 2.64. The van der Waals surface area contributed by atoms with Gasteiger partial charge in [-0.3, -0.25) is 4.79 Å². The van der Waals surface area contributed by atoms with Crippen molar-refractivity contribution in [3.63, 3.8) is 0 Å². The van der Waals surface area contributed by atoms with E-state index in [1.165, 1.54) is 5.56 Å². The van der Waals surface area contributed by atoms with Gasteiger partial charge in [0.2, 0.25) is 5.91 Å². The minimum Gasteiger partial charge on any atom is -0.345 e. The minimum absolute atomic E-state index is 0.110. The van der Waals surface area contributed by atoms with Gasteiger partial charge in [0.05, 0.1) is 13.1 Å². The zero-order valence-electron chi connectivity index (χ0n) is 14.6. The summed E-state index contributed by atoms with van der Waals surface area (Å²) in [6.45, 7) is 10.2. The smallest absolute Gasteiger partial charge is 0.237 e. The molecular weight excluding hydrogens is 298 g/mol. The van der Waals surface area contributed by atoms with Crippen LogP contribution in [-0.2, 0) is 17.9 Å². The normalized spacial score (nSPS) is 10.8. The zero-order chi connectivity index (χ0) is 17.4. The van der Waals surface area contributed by atoms with Crippen LogP contribution in [0.25, 0.3) is 0 Å². The summed E-state index contributed by atoms with van der Waals surface area (Å²) in [6.07, 6.45) is 3.83. The van der Waals surface area contributed by atoms with Gasteiger partial charge in [0.25, 0.3) is 0 Å². The fraction of sp³-hybridized carbons (Fsp3) is 0.350. The van der Waals surface area contributed by atoms with Crippen molar-refractivity contribution in [2.45, 2.75) is 33.0 Å². The van der Waals surface area contributed by atoms with E-state index in [-0.39, 0.29) is 11.9 Å². The van der Waals surface area contributed by atoms with Gasteiger partial charge < -0.3 is 14.8 Å². The first-order valence-electron chi connectivity index (χ1n) is 8.41. The summed E-state index contributed by atoms with van der Waals surface area (Å²) in [5.74, 6) is 0.110. The summed E-state index contributed by atoms with van der Waals surface area (Å²) < 4.78 is 2.20. The van der Waals surface area contributed by atoms with E-state index in [0.29, 0.717) is 19.6 Å². The third-order valence-electron chi connectivity index (χ3n) is 3.96. The molecule has 0 saturated carbocycles. The van der Waals surface area contributed by atoms with E-state index in [2.05, 4.69) is 54.7 Å². The molecule has 0 radical (unpaired) electrons. The molecular formula is C20H27N3O. The SMILES string of the molecule is C=CCNCC(=O)N(Cc1cccn1Cc1ccccc1)C(C)C. The molecule has 1 heterocycles. The molecule has 4 heteroatoms. The second-order valence-corrected chi connectivity index (χ2v) is 6.15. The van der Waals surface area contributed by atoms with Gasteiger partial charge in [0, 0.05) is 31.0 Å². The maximum atomic E-state index is 12.5. The molecule has 0 unspecified atom stereocenters. The lowest BCUT2D eigenvalue weighted by Gasteiger charge is -2.27. The molecule has 0 aliphatic carbocycles. The first-order valence-corrected chi connectivity index (χ1v) is 8.41. The second-order valence-electron chi connectivity index (χ2n) is 6.15. The summed E-state index contributed by atoms with van der Waals surface area (Å²) in [5, 5.41) is 3.09. The van der Waals surface area contributed by atoms with Crippen molar-refractivity contribution in [3.8, 4) is 0 Å². The number of nitrogens with zero attached hydrogens (tertiary/aromatic N) is 2. The molecule has 1 N–H and O–H groups in total. The van der Waals surface area contributed by atoms with Crippen LogP contribution in [0, 0.1) is 0 Å². The van der Waals surface area contributed by atoms with Gasteiger partial charge in [-0.25, -0.2) is 0 Å². The predicted molar refractivity (Wildman–Crippen MR) is 98.7 cm³/mol. The Bertz CT molecular complexity index is 646. The minimum atomic E-state index is 0.110. The summed E-state index contributed by atoms with van der Waals surface area (Å²) in [7, 11) is 0. The molecule has 0 fully saturated rings. The van der Waals surface area contributed by atoms with Gasteiger partial charge >= 0.3 is 0 Å². The third-order valence-corrected chi connectivity index (χ3v) is 3.96. The van der Waals surface area contributed by atoms with Crippen LogP contribution in [-0.4, -0.2) is 34.5 Å². The molecule has 0 aliphatic rings. The number of aromatic nitrogens is 1. The van der Waals surface area contributed by atoms with Crippen LogP contribution >= 0.6 is 0 Å². The number of hydrogen-bond donors (Lipinski definition) is 1. The molecule has 2 aromatic rings. The average Bonchev–Trinajstić information content (AvgIpc) is 3.00. The van der Waals surface area contributed by atoms with Crippen molar-refractivity contribution in [1.82, 2.24) is 14.8 Å². The van der Waals surface area contributed by atoms with Crippen molar-refractivity contribution in [1.29, 1.82) is 0 Å². The maximum absolute atomic E-state index is 12.5. The van der Waals surface area contributed by atoms with Gasteiger partial charge in [-0.1, -0.05) is 36.4 Å². The van der Waals surface area contributed by atoms with Gasteiger partial charge in [0.15, 0.2) is 0 Å². The van der Waals surface area contributed by atoms with E-state index in [9.17, 15) is 4.79 Å². The standard InChI is InChI=1S/C20H27N3O/c1-4-12-21-14-20(24)23(17(2)3)16-19-11-8-13-22(19)15-18-9-6-5-7-10-18/h4-11,13,17,21H,1,12,14-16H2,2-3H3. The summed E-state index contributed by atoms with van der Waals surface area (Å²) in [4.78, 5) is 14.4. The number of amides is 1. The molecule has 128 valence electrons. The predicted octanol–water partition coefficient (Wildman–Crippen LogP) is 3.05. The van der Waals surface area contributed by atoms with Gasteiger partial charge in [-0.05, 0) is 31.5 Å². The summed E-state index contributed by atoms with van der Waals surface area (Å²) in [6, 6.07) is 14.6. The maximum Gasteiger partial charge on any atom is 0.237 e. The highest BCUT2D eigenvalue weighted by Gasteiger charge is 2.18. The topological polar surface area (TPSA) is 37.3 Å². The Morgan fingerprint density at radius 2 is 2.00 bits per heavy atom. The lowest BCUT2D eigenvalue weighted by atomic mass is 10.2. The number of rotatable bonds is 9.